The van der Waals surface area contributed by atoms with Crippen molar-refractivity contribution in [3.05, 3.63) is 90.0 Å². The van der Waals surface area contributed by atoms with Gasteiger partial charge in [-0.2, -0.15) is 4.31 Å². The second kappa shape index (κ2) is 20.0. The van der Waals surface area contributed by atoms with Crippen molar-refractivity contribution < 1.29 is 52.1 Å². The van der Waals surface area contributed by atoms with Crippen molar-refractivity contribution in [2.24, 2.45) is 11.7 Å². The Morgan fingerprint density at radius 3 is 1.94 bits per heavy atom. The van der Waals surface area contributed by atoms with Crippen LogP contribution in [0, 0.1) is 5.92 Å². The molecule has 0 aromatic heterocycles. The number of hydrogen-bond acceptors (Lipinski definition) is 10. The van der Waals surface area contributed by atoms with Gasteiger partial charge >= 0.3 is 21.7 Å². The van der Waals surface area contributed by atoms with Crippen molar-refractivity contribution in [3.63, 3.8) is 0 Å². The summed E-state index contributed by atoms with van der Waals surface area (Å²) in [5, 5.41) is 6.21. The van der Waals surface area contributed by atoms with Gasteiger partial charge in [0.1, 0.15) is 6.10 Å². The first-order chi connectivity index (χ1) is 25.1. The highest BCUT2D eigenvalue weighted by molar-refractivity contribution is 7.60. The summed E-state index contributed by atoms with van der Waals surface area (Å²) in [6.07, 6.45) is 2.64. The number of nitrogens with zero attached hydrogens (tertiary/aromatic N) is 2. The third-order valence-electron chi connectivity index (χ3n) is 8.83. The van der Waals surface area contributed by atoms with E-state index in [0.717, 1.165) is 87.3 Å². The SMILES string of the molecule is NC(=O)C1CCN(Cc2ccc(C(=O)CNCCN3CCC(OC(=O)Nc4ccccc4-c4ccccc4)CC3)cc2)CC1.O=P(O)(O)OP(=O)(O)O. The fraction of sp³-hybridized carbons (Fsp3) is 0.400. The van der Waals surface area contributed by atoms with Crippen molar-refractivity contribution in [1.29, 1.82) is 0 Å². The minimum atomic E-state index is -5.05. The molecule has 0 bridgehead atoms. The summed E-state index contributed by atoms with van der Waals surface area (Å²) in [5.74, 6) is -0.127. The van der Waals surface area contributed by atoms with E-state index >= 15 is 0 Å². The number of anilines is 1. The number of primary amides is 1. The molecule has 0 radical (unpaired) electrons. The fourth-order valence-corrected chi connectivity index (χ4v) is 7.22. The van der Waals surface area contributed by atoms with Crippen LogP contribution in [0.25, 0.3) is 11.1 Å². The Bertz CT molecular complexity index is 1720. The largest absolute Gasteiger partial charge is 0.478 e. The van der Waals surface area contributed by atoms with E-state index in [1.807, 2.05) is 78.9 Å². The van der Waals surface area contributed by atoms with Crippen molar-refractivity contribution in [1.82, 2.24) is 15.1 Å². The number of carbonyl (C=O) groups excluding carboxylic acids is 3. The second-order valence-corrected chi connectivity index (χ2v) is 15.4. The Kier molecular flexibility index (Phi) is 15.9. The number of phosphoric acid groups is 2. The van der Waals surface area contributed by atoms with Gasteiger partial charge in [0, 0.05) is 49.8 Å². The molecule has 0 saturated carbocycles. The predicted molar refractivity (Wildman–Crippen MR) is 197 cm³/mol. The third kappa shape index (κ3) is 15.2. The molecule has 16 nitrogen and oxygen atoms in total. The van der Waals surface area contributed by atoms with Gasteiger partial charge < -0.3 is 40.3 Å². The van der Waals surface area contributed by atoms with Crippen LogP contribution in [0.2, 0.25) is 0 Å². The van der Waals surface area contributed by atoms with Gasteiger partial charge in [0.05, 0.1) is 12.2 Å². The molecule has 53 heavy (non-hydrogen) atoms. The van der Waals surface area contributed by atoms with E-state index in [0.29, 0.717) is 18.7 Å². The normalized spacial score (nSPS) is 16.3. The van der Waals surface area contributed by atoms with E-state index in [1.54, 1.807) is 0 Å². The lowest BCUT2D eigenvalue weighted by molar-refractivity contribution is -0.123. The van der Waals surface area contributed by atoms with E-state index in [1.165, 1.54) is 0 Å². The summed E-state index contributed by atoms with van der Waals surface area (Å²) in [6, 6.07) is 25.5. The minimum Gasteiger partial charge on any atom is -0.446 e. The highest BCUT2D eigenvalue weighted by Crippen LogP contribution is 2.53. The third-order valence-corrected chi connectivity index (χ3v) is 10.5. The minimum absolute atomic E-state index is 0.00684. The lowest BCUT2D eigenvalue weighted by Gasteiger charge is -2.31. The summed E-state index contributed by atoms with van der Waals surface area (Å²) in [7, 11) is -10.1. The fourth-order valence-electron chi connectivity index (χ4n) is 6.11. The molecule has 2 fully saturated rings. The number of piperidine rings is 2. The van der Waals surface area contributed by atoms with Gasteiger partial charge in [0.15, 0.2) is 5.78 Å². The number of ketones is 1. The molecular formula is C35H47N5O11P2. The molecule has 3 aromatic rings. The number of nitrogens with one attached hydrogen (secondary N) is 2. The zero-order valence-electron chi connectivity index (χ0n) is 29.2. The highest BCUT2D eigenvalue weighted by Gasteiger charge is 2.28. The number of amides is 2. The molecule has 8 N–H and O–H groups in total. The molecule has 2 aliphatic heterocycles. The second-order valence-electron chi connectivity index (χ2n) is 12.8. The van der Waals surface area contributed by atoms with Crippen LogP contribution in [-0.4, -0.2) is 99.1 Å². The maximum absolute atomic E-state index is 12.7. The van der Waals surface area contributed by atoms with Crippen molar-refractivity contribution in [3.8, 4) is 11.1 Å². The molecule has 2 aliphatic rings. The van der Waals surface area contributed by atoms with Crippen molar-refractivity contribution >= 4 is 39.1 Å². The van der Waals surface area contributed by atoms with Gasteiger partial charge in [-0.25, -0.2) is 13.9 Å². The topological polar surface area (TPSA) is 241 Å². The summed E-state index contributed by atoms with van der Waals surface area (Å²) in [4.78, 5) is 72.4. The standard InChI is InChI=1S/C35H43N5O4.H4O7P2/c36-34(42)29-14-19-40(20-15-29)25-26-10-12-28(13-11-26)33(41)24-37-18-23-39-21-16-30(17-22-39)44-35(43)38-32-9-5-4-8-31(32)27-6-2-1-3-7-27;1-8(2,3)7-9(4,5)6/h1-13,29-30,37H,14-25H2,(H2,36,42)(H,38,43);(H2,1,2,3)(H2,4,5,6). The number of likely N-dealkylation sites (tertiary alicyclic amines) is 2. The van der Waals surface area contributed by atoms with Gasteiger partial charge in [-0.05, 0) is 56.0 Å². The Hall–Kier alpha value is -3.79. The predicted octanol–water partition coefficient (Wildman–Crippen LogP) is 3.72. The van der Waals surface area contributed by atoms with Crippen LogP contribution in [0.15, 0.2) is 78.9 Å². The van der Waals surface area contributed by atoms with E-state index in [-0.39, 0.29) is 23.7 Å². The molecule has 0 atom stereocenters. The van der Waals surface area contributed by atoms with Crippen molar-refractivity contribution in [2.45, 2.75) is 38.3 Å². The average molecular weight is 776 g/mol. The molecule has 0 spiro atoms. The monoisotopic (exact) mass is 775 g/mol. The first-order valence-electron chi connectivity index (χ1n) is 17.2. The molecule has 18 heteroatoms. The van der Waals surface area contributed by atoms with Crippen LogP contribution in [0.4, 0.5) is 10.5 Å². The molecular weight excluding hydrogens is 728 g/mol. The van der Waals surface area contributed by atoms with Gasteiger partial charge in [0.2, 0.25) is 5.91 Å². The van der Waals surface area contributed by atoms with Crippen LogP contribution in [0.3, 0.4) is 0 Å². The maximum Gasteiger partial charge on any atom is 0.478 e. The van der Waals surface area contributed by atoms with Crippen LogP contribution >= 0.6 is 15.6 Å². The molecule has 3 aromatic carbocycles. The van der Waals surface area contributed by atoms with E-state index in [4.69, 9.17) is 30.0 Å². The Balaban J connectivity index is 0.000000618. The zero-order chi connectivity index (χ0) is 38.4. The number of nitrogens with two attached hydrogens (primary N) is 1. The van der Waals surface area contributed by atoms with Gasteiger partial charge in [-0.15, -0.1) is 0 Å². The maximum atomic E-state index is 12.7. The lowest BCUT2D eigenvalue weighted by Crippen LogP contribution is -2.42. The molecule has 2 saturated heterocycles. The Labute approximate surface area is 308 Å². The van der Waals surface area contributed by atoms with Crippen LogP contribution in [0.5, 0.6) is 0 Å². The summed E-state index contributed by atoms with van der Waals surface area (Å²) < 4.78 is 28.0. The molecule has 5 rings (SSSR count). The number of hydrogen-bond donors (Lipinski definition) is 7. The van der Waals surface area contributed by atoms with Crippen molar-refractivity contribution in [2.75, 3.05) is 51.1 Å². The molecule has 288 valence electrons. The number of rotatable bonds is 14. The first-order valence-corrected chi connectivity index (χ1v) is 20.2. The Morgan fingerprint density at radius 1 is 0.774 bits per heavy atom. The zero-order valence-corrected chi connectivity index (χ0v) is 30.9. The number of ether oxygens (including phenoxy) is 1. The molecule has 0 unspecified atom stereocenters. The van der Waals surface area contributed by atoms with Gasteiger partial charge in [-0.1, -0.05) is 72.8 Å². The Morgan fingerprint density at radius 2 is 1.36 bits per heavy atom. The first kappa shape index (κ1) is 42.0. The number of para-hydroxylation sites is 1. The van der Waals surface area contributed by atoms with E-state index in [2.05, 4.69) is 24.7 Å². The lowest BCUT2D eigenvalue weighted by atomic mass is 9.96. The molecule has 0 aliphatic carbocycles. The van der Waals surface area contributed by atoms with Gasteiger partial charge in [0.25, 0.3) is 0 Å². The van der Waals surface area contributed by atoms with Gasteiger partial charge in [-0.3, -0.25) is 19.8 Å². The van der Waals surface area contributed by atoms with Crippen LogP contribution in [-0.2, 0) is 29.5 Å². The number of benzene rings is 3. The number of Topliss-reactive ketones (excluding diaryl/α,β-unsaturated/α-hetero) is 1. The highest BCUT2D eigenvalue weighted by atomic mass is 31.3. The summed E-state index contributed by atoms with van der Waals surface area (Å²) >= 11 is 0. The quantitative estimate of drug-likeness (QED) is 0.0702. The number of carbonyl (C=O) groups is 3. The smallest absolute Gasteiger partial charge is 0.446 e. The summed E-state index contributed by atoms with van der Waals surface area (Å²) in [5.41, 5.74) is 10.0. The van der Waals surface area contributed by atoms with Crippen LogP contribution in [0.1, 0.15) is 41.6 Å². The van der Waals surface area contributed by atoms with E-state index < -0.39 is 21.7 Å². The average Bonchev–Trinajstić information content (AvgIpc) is 3.10. The van der Waals surface area contributed by atoms with E-state index in [9.17, 15) is 23.5 Å². The molecule has 2 amide bonds. The van der Waals surface area contributed by atoms with Crippen LogP contribution < -0.4 is 16.4 Å². The summed E-state index contributed by atoms with van der Waals surface area (Å²) in [6.45, 7) is 6.07. The molecule has 2 heterocycles.